The molecule has 5 heteroatoms. The highest BCUT2D eigenvalue weighted by Gasteiger charge is 2.34. The lowest BCUT2D eigenvalue weighted by Crippen LogP contribution is -2.43. The van der Waals surface area contributed by atoms with Crippen molar-refractivity contribution in [2.45, 2.75) is 26.3 Å². The van der Waals surface area contributed by atoms with Gasteiger partial charge in [-0.3, -0.25) is 9.69 Å². The molecule has 0 bridgehead atoms. The molecule has 2 heterocycles. The topological polar surface area (TPSA) is 65.6 Å². The van der Waals surface area contributed by atoms with Gasteiger partial charge in [0.2, 0.25) is 0 Å². The number of likely N-dealkylation sites (tertiary alicyclic amines) is 1. The second kappa shape index (κ2) is 6.24. The third kappa shape index (κ3) is 3.06. The summed E-state index contributed by atoms with van der Waals surface area (Å²) in [7, 11) is 1.62. The van der Waals surface area contributed by atoms with E-state index >= 15 is 0 Å². The van der Waals surface area contributed by atoms with Crippen molar-refractivity contribution in [2.24, 2.45) is 11.8 Å². The number of hydrogen-bond acceptors (Lipinski definition) is 3. The number of rotatable bonds is 4. The predicted octanol–water partition coefficient (Wildman–Crippen LogP) is 3.28. The fourth-order valence-electron chi connectivity index (χ4n) is 3.88. The largest absolute Gasteiger partial charge is 0.497 e. The number of carboxylic acids is 1. The number of benzene rings is 1. The molecule has 1 aromatic carbocycles. The SMILES string of the molecule is COc1ccc2[nH]cc([C@H](C(=O)O)N3C[C@H](C)C[C@H](C)C3)c2c1. The Morgan fingerprint density at radius 2 is 2.04 bits per heavy atom. The summed E-state index contributed by atoms with van der Waals surface area (Å²) in [6, 6.07) is 5.09. The molecule has 2 N–H and O–H groups in total. The number of carboxylic acid groups (broad SMARTS) is 1. The zero-order valence-corrected chi connectivity index (χ0v) is 13.9. The second-order valence-electron chi connectivity index (χ2n) is 6.80. The molecule has 0 unspecified atom stereocenters. The van der Waals surface area contributed by atoms with Crippen molar-refractivity contribution < 1.29 is 14.6 Å². The van der Waals surface area contributed by atoms with Gasteiger partial charge in [-0.25, -0.2) is 0 Å². The number of piperidine rings is 1. The third-order valence-electron chi connectivity index (χ3n) is 4.71. The van der Waals surface area contributed by atoms with Crippen LogP contribution >= 0.6 is 0 Å². The number of ether oxygens (including phenoxy) is 1. The van der Waals surface area contributed by atoms with Gasteiger partial charge in [-0.2, -0.15) is 0 Å². The van der Waals surface area contributed by atoms with E-state index in [0.29, 0.717) is 11.8 Å². The van der Waals surface area contributed by atoms with E-state index in [-0.39, 0.29) is 0 Å². The van der Waals surface area contributed by atoms with Crippen molar-refractivity contribution in [3.8, 4) is 5.75 Å². The minimum atomic E-state index is -0.796. The Hall–Kier alpha value is -2.01. The van der Waals surface area contributed by atoms with Crippen molar-refractivity contribution in [1.82, 2.24) is 9.88 Å². The van der Waals surface area contributed by atoms with Crippen LogP contribution in [0.5, 0.6) is 5.75 Å². The highest BCUT2D eigenvalue weighted by atomic mass is 16.5. The molecule has 0 radical (unpaired) electrons. The Morgan fingerprint density at radius 1 is 1.35 bits per heavy atom. The quantitative estimate of drug-likeness (QED) is 0.908. The van der Waals surface area contributed by atoms with E-state index in [1.165, 1.54) is 0 Å². The van der Waals surface area contributed by atoms with Crippen molar-refractivity contribution in [1.29, 1.82) is 0 Å². The van der Waals surface area contributed by atoms with Gasteiger partial charge in [0.1, 0.15) is 11.8 Å². The summed E-state index contributed by atoms with van der Waals surface area (Å²) in [5.74, 6) is 0.971. The summed E-state index contributed by atoms with van der Waals surface area (Å²) in [6.07, 6.45) is 2.98. The van der Waals surface area contributed by atoms with Gasteiger partial charge in [-0.05, 0) is 36.5 Å². The van der Waals surface area contributed by atoms with Crippen molar-refractivity contribution >= 4 is 16.9 Å². The van der Waals surface area contributed by atoms with Crippen LogP contribution in [0.3, 0.4) is 0 Å². The summed E-state index contributed by atoms with van der Waals surface area (Å²) >= 11 is 0. The highest BCUT2D eigenvalue weighted by Crippen LogP contribution is 2.34. The van der Waals surface area contributed by atoms with E-state index in [0.717, 1.165) is 41.7 Å². The van der Waals surface area contributed by atoms with Crippen LogP contribution in [0.2, 0.25) is 0 Å². The zero-order chi connectivity index (χ0) is 16.6. The fourth-order valence-corrected chi connectivity index (χ4v) is 3.88. The summed E-state index contributed by atoms with van der Waals surface area (Å²) in [4.78, 5) is 17.3. The first kappa shape index (κ1) is 15.9. The van der Waals surface area contributed by atoms with Gasteiger partial charge in [-0.15, -0.1) is 0 Å². The van der Waals surface area contributed by atoms with Gasteiger partial charge in [0.15, 0.2) is 0 Å². The average molecular weight is 316 g/mol. The monoisotopic (exact) mass is 316 g/mol. The van der Waals surface area contributed by atoms with Gasteiger partial charge in [0.25, 0.3) is 0 Å². The number of methoxy groups -OCH3 is 1. The Labute approximate surface area is 136 Å². The molecule has 5 nitrogen and oxygen atoms in total. The fraction of sp³-hybridized carbons (Fsp3) is 0.500. The number of hydrogen-bond donors (Lipinski definition) is 2. The third-order valence-corrected chi connectivity index (χ3v) is 4.71. The first-order valence-corrected chi connectivity index (χ1v) is 8.11. The van der Waals surface area contributed by atoms with E-state index in [4.69, 9.17) is 4.74 Å². The molecule has 0 saturated carbocycles. The minimum absolute atomic E-state index is 0.514. The van der Waals surface area contributed by atoms with Crippen LogP contribution in [0, 0.1) is 11.8 Å². The number of nitrogens with zero attached hydrogens (tertiary/aromatic N) is 1. The van der Waals surface area contributed by atoms with E-state index in [9.17, 15) is 9.90 Å². The number of aromatic nitrogens is 1. The van der Waals surface area contributed by atoms with Gasteiger partial charge < -0.3 is 14.8 Å². The number of fused-ring (bicyclic) bond motifs is 1. The molecule has 1 saturated heterocycles. The van der Waals surface area contributed by atoms with Crippen LogP contribution in [0.4, 0.5) is 0 Å². The molecule has 0 aliphatic carbocycles. The Bertz CT molecular complexity index is 699. The summed E-state index contributed by atoms with van der Waals surface area (Å²) in [6.45, 7) is 6.02. The van der Waals surface area contributed by atoms with E-state index in [1.807, 2.05) is 24.4 Å². The van der Waals surface area contributed by atoms with Crippen molar-refractivity contribution in [3.05, 3.63) is 30.0 Å². The normalized spacial score (nSPS) is 23.8. The van der Waals surface area contributed by atoms with Gasteiger partial charge in [0.05, 0.1) is 7.11 Å². The Morgan fingerprint density at radius 3 is 2.65 bits per heavy atom. The van der Waals surface area contributed by atoms with E-state index < -0.39 is 12.0 Å². The van der Waals surface area contributed by atoms with Crippen LogP contribution in [0.25, 0.3) is 10.9 Å². The number of aromatic amines is 1. The van der Waals surface area contributed by atoms with Crippen LogP contribution < -0.4 is 4.74 Å². The first-order chi connectivity index (χ1) is 11.0. The standard InChI is InChI=1S/C18H24N2O3/c1-11-6-12(2)10-20(9-11)17(18(21)22)15-8-19-16-5-4-13(23-3)7-14(15)16/h4-5,7-8,11-12,17,19H,6,9-10H2,1-3H3,(H,21,22)/t11-,12+,17-/m1/s1. The molecule has 3 rings (SSSR count). The second-order valence-corrected chi connectivity index (χ2v) is 6.80. The summed E-state index contributed by atoms with van der Waals surface area (Å²) in [5, 5.41) is 10.8. The predicted molar refractivity (Wildman–Crippen MR) is 89.7 cm³/mol. The van der Waals surface area contributed by atoms with Crippen molar-refractivity contribution in [3.63, 3.8) is 0 Å². The molecule has 1 aliphatic rings. The Kier molecular flexibility index (Phi) is 4.31. The van der Waals surface area contributed by atoms with Crippen LogP contribution in [0.1, 0.15) is 31.9 Å². The van der Waals surface area contributed by atoms with E-state index in [2.05, 4.69) is 23.7 Å². The summed E-state index contributed by atoms with van der Waals surface area (Å²) in [5.41, 5.74) is 1.75. The van der Waals surface area contributed by atoms with Gasteiger partial charge in [-0.1, -0.05) is 13.8 Å². The molecule has 124 valence electrons. The Balaban J connectivity index is 2.03. The van der Waals surface area contributed by atoms with E-state index in [1.54, 1.807) is 7.11 Å². The summed E-state index contributed by atoms with van der Waals surface area (Å²) < 4.78 is 5.29. The smallest absolute Gasteiger partial charge is 0.325 e. The number of carbonyl (C=O) groups is 1. The van der Waals surface area contributed by atoms with Crippen molar-refractivity contribution in [2.75, 3.05) is 20.2 Å². The molecular formula is C18H24N2O3. The molecule has 0 amide bonds. The lowest BCUT2D eigenvalue weighted by Gasteiger charge is -2.38. The molecule has 23 heavy (non-hydrogen) atoms. The molecule has 0 spiro atoms. The maximum absolute atomic E-state index is 12.0. The number of H-pyrrole nitrogens is 1. The highest BCUT2D eigenvalue weighted by molar-refractivity contribution is 5.90. The maximum atomic E-state index is 12.0. The molecule has 1 fully saturated rings. The first-order valence-electron chi connectivity index (χ1n) is 8.11. The van der Waals surface area contributed by atoms with Crippen LogP contribution in [0.15, 0.2) is 24.4 Å². The molecular weight excluding hydrogens is 292 g/mol. The van der Waals surface area contributed by atoms with Gasteiger partial charge in [0, 0.05) is 35.8 Å². The number of nitrogens with one attached hydrogen (secondary N) is 1. The lowest BCUT2D eigenvalue weighted by atomic mass is 9.89. The lowest BCUT2D eigenvalue weighted by molar-refractivity contribution is -0.144. The zero-order valence-electron chi connectivity index (χ0n) is 13.9. The molecule has 1 aromatic heterocycles. The van der Waals surface area contributed by atoms with Gasteiger partial charge >= 0.3 is 5.97 Å². The van der Waals surface area contributed by atoms with Crippen LogP contribution in [-0.4, -0.2) is 41.2 Å². The molecule has 3 atom stereocenters. The number of aliphatic carboxylic acids is 1. The maximum Gasteiger partial charge on any atom is 0.325 e. The molecule has 2 aromatic rings. The minimum Gasteiger partial charge on any atom is -0.497 e. The molecule has 1 aliphatic heterocycles. The van der Waals surface area contributed by atoms with Crippen LogP contribution in [-0.2, 0) is 4.79 Å². The average Bonchev–Trinajstić information content (AvgIpc) is 2.89.